The first kappa shape index (κ1) is 20.5. The van der Waals surface area contributed by atoms with Gasteiger partial charge in [0.05, 0.1) is 22.6 Å². The van der Waals surface area contributed by atoms with Crippen LogP contribution in [0.5, 0.6) is 0 Å². The monoisotopic (exact) mass is 413 g/mol. The van der Waals surface area contributed by atoms with Crippen LogP contribution in [0, 0.1) is 29.9 Å². The van der Waals surface area contributed by atoms with Crippen molar-refractivity contribution in [3.63, 3.8) is 0 Å². The maximum atomic E-state index is 13.0. The number of nitrogens with zero attached hydrogens (tertiary/aromatic N) is 2. The second kappa shape index (κ2) is 8.14. The summed E-state index contributed by atoms with van der Waals surface area (Å²) < 4.78 is 0. The van der Waals surface area contributed by atoms with Crippen molar-refractivity contribution in [1.29, 1.82) is 0 Å². The number of amides is 1. The van der Waals surface area contributed by atoms with Gasteiger partial charge in [0.15, 0.2) is 0 Å². The molecule has 6 heteroatoms. The van der Waals surface area contributed by atoms with Gasteiger partial charge in [-0.1, -0.05) is 71.8 Å². The number of benzene rings is 3. The number of hydrogen-bond acceptors (Lipinski definition) is 4. The quantitative estimate of drug-likeness (QED) is 0.362. The van der Waals surface area contributed by atoms with Gasteiger partial charge in [-0.3, -0.25) is 14.9 Å². The third-order valence-corrected chi connectivity index (χ3v) is 5.86. The Morgan fingerprint density at radius 2 is 1.65 bits per heavy atom. The van der Waals surface area contributed by atoms with Crippen LogP contribution in [0.2, 0.25) is 0 Å². The van der Waals surface area contributed by atoms with E-state index < -0.39 is 10.3 Å². The van der Waals surface area contributed by atoms with Gasteiger partial charge in [0.2, 0.25) is 5.91 Å². The van der Waals surface area contributed by atoms with Gasteiger partial charge in [-0.05, 0) is 37.5 Å². The van der Waals surface area contributed by atoms with Gasteiger partial charge in [-0.15, -0.1) is 0 Å². The zero-order chi connectivity index (χ0) is 22.0. The number of para-hydroxylation sites is 1. The molecule has 4 rings (SSSR count). The molecule has 0 radical (unpaired) electrons. The summed E-state index contributed by atoms with van der Waals surface area (Å²) in [5.41, 5.74) is 6.99. The Kier molecular flexibility index (Phi) is 5.38. The van der Waals surface area contributed by atoms with Crippen molar-refractivity contribution in [2.45, 2.75) is 25.7 Å². The molecule has 1 atom stereocenters. The lowest BCUT2D eigenvalue weighted by Gasteiger charge is -2.19. The standard InChI is InChI=1S/C25H23N3O3/c1-17-7-5-10-20(13-17)25(21-11-6-8-18(2)14-21)15-22(25)24(29)27-26-16-19-9-3-4-12-23(19)28(30)31/h3-14,16,22H,15H2,1-2H3,(H,27,29)/b26-16-/t22-/m0/s1. The van der Waals surface area contributed by atoms with Crippen LogP contribution in [-0.4, -0.2) is 17.0 Å². The third kappa shape index (κ3) is 3.97. The molecule has 1 aliphatic carbocycles. The molecule has 1 aliphatic rings. The summed E-state index contributed by atoms with van der Waals surface area (Å²) in [5.74, 6) is -0.461. The highest BCUT2D eigenvalue weighted by molar-refractivity contribution is 5.89. The van der Waals surface area contributed by atoms with E-state index in [-0.39, 0.29) is 17.5 Å². The first-order valence-electron chi connectivity index (χ1n) is 10.1. The Labute approximate surface area is 180 Å². The van der Waals surface area contributed by atoms with Crippen molar-refractivity contribution in [2.24, 2.45) is 11.0 Å². The Bertz CT molecular complexity index is 1140. The molecule has 0 spiro atoms. The summed E-state index contributed by atoms with van der Waals surface area (Å²) in [6, 6.07) is 22.8. The molecule has 0 saturated heterocycles. The Hall–Kier alpha value is -3.80. The molecule has 1 N–H and O–H groups in total. The highest BCUT2D eigenvalue weighted by atomic mass is 16.6. The second-order valence-electron chi connectivity index (χ2n) is 8.02. The number of nitrogens with one attached hydrogen (secondary N) is 1. The van der Waals surface area contributed by atoms with Gasteiger partial charge in [0.1, 0.15) is 0 Å². The smallest absolute Gasteiger partial charge is 0.273 e. The summed E-state index contributed by atoms with van der Waals surface area (Å²) in [4.78, 5) is 23.7. The fourth-order valence-electron chi connectivity index (χ4n) is 4.24. The number of nitro groups is 1. The largest absolute Gasteiger partial charge is 0.278 e. The van der Waals surface area contributed by atoms with Crippen molar-refractivity contribution < 1.29 is 9.72 Å². The zero-order valence-electron chi connectivity index (χ0n) is 17.4. The maximum absolute atomic E-state index is 13.0. The van der Waals surface area contributed by atoms with E-state index in [1.165, 1.54) is 12.3 Å². The Morgan fingerprint density at radius 1 is 1.03 bits per heavy atom. The molecule has 156 valence electrons. The number of rotatable bonds is 6. The van der Waals surface area contributed by atoms with Gasteiger partial charge in [-0.2, -0.15) is 5.10 Å². The molecule has 1 fully saturated rings. The van der Waals surface area contributed by atoms with Gasteiger partial charge < -0.3 is 0 Å². The zero-order valence-corrected chi connectivity index (χ0v) is 17.4. The number of nitro benzene ring substituents is 1. The van der Waals surface area contributed by atoms with Crippen molar-refractivity contribution in [1.82, 2.24) is 5.43 Å². The molecule has 0 unspecified atom stereocenters. The summed E-state index contributed by atoms with van der Waals surface area (Å²) in [6.45, 7) is 4.09. The van der Waals surface area contributed by atoms with Crippen molar-refractivity contribution in [3.05, 3.63) is 111 Å². The normalized spacial score (nSPS) is 16.8. The van der Waals surface area contributed by atoms with E-state index in [2.05, 4.69) is 34.8 Å². The van der Waals surface area contributed by atoms with Gasteiger partial charge >= 0.3 is 0 Å². The lowest BCUT2D eigenvalue weighted by Crippen LogP contribution is -2.25. The second-order valence-corrected chi connectivity index (χ2v) is 8.02. The topological polar surface area (TPSA) is 84.6 Å². The summed E-state index contributed by atoms with van der Waals surface area (Å²) in [7, 11) is 0. The lowest BCUT2D eigenvalue weighted by molar-refractivity contribution is -0.385. The van der Waals surface area contributed by atoms with Gasteiger partial charge in [-0.25, -0.2) is 5.43 Å². The summed E-state index contributed by atoms with van der Waals surface area (Å²) in [5, 5.41) is 15.2. The number of hydrogen-bond donors (Lipinski definition) is 1. The van der Waals surface area contributed by atoms with Crippen LogP contribution in [0.1, 0.15) is 34.2 Å². The number of carbonyl (C=O) groups is 1. The molecule has 0 heterocycles. The minimum Gasteiger partial charge on any atom is -0.273 e. The fraction of sp³-hybridized carbons (Fsp3) is 0.200. The average molecular weight is 413 g/mol. The molecule has 0 aliphatic heterocycles. The Balaban J connectivity index is 1.59. The van der Waals surface area contributed by atoms with E-state index in [4.69, 9.17) is 0 Å². The minimum absolute atomic E-state index is 0.0548. The van der Waals surface area contributed by atoms with Gasteiger partial charge in [0, 0.05) is 11.5 Å². The van der Waals surface area contributed by atoms with E-state index in [0.717, 1.165) is 22.3 Å². The molecular weight excluding hydrogens is 390 g/mol. The molecule has 0 aromatic heterocycles. The molecule has 3 aromatic rings. The lowest BCUT2D eigenvalue weighted by atomic mass is 9.84. The molecule has 1 amide bonds. The molecule has 1 saturated carbocycles. The van der Waals surface area contributed by atoms with E-state index in [1.807, 2.05) is 38.1 Å². The van der Waals surface area contributed by atoms with Crippen LogP contribution >= 0.6 is 0 Å². The molecule has 3 aromatic carbocycles. The first-order chi connectivity index (χ1) is 14.9. The van der Waals surface area contributed by atoms with Gasteiger partial charge in [0.25, 0.3) is 5.69 Å². The van der Waals surface area contributed by atoms with Crippen LogP contribution in [0.25, 0.3) is 0 Å². The van der Waals surface area contributed by atoms with Crippen molar-refractivity contribution in [2.75, 3.05) is 0 Å². The van der Waals surface area contributed by atoms with Crippen LogP contribution in [0.4, 0.5) is 5.69 Å². The number of aryl methyl sites for hydroxylation is 2. The average Bonchev–Trinajstić information content (AvgIpc) is 3.51. The van der Waals surface area contributed by atoms with Crippen LogP contribution < -0.4 is 5.43 Å². The summed E-state index contributed by atoms with van der Waals surface area (Å²) >= 11 is 0. The Morgan fingerprint density at radius 3 is 2.23 bits per heavy atom. The molecule has 31 heavy (non-hydrogen) atoms. The van der Waals surface area contributed by atoms with Crippen molar-refractivity contribution >= 4 is 17.8 Å². The summed E-state index contributed by atoms with van der Waals surface area (Å²) in [6.07, 6.45) is 2.01. The van der Waals surface area contributed by atoms with Crippen LogP contribution in [0.15, 0.2) is 77.9 Å². The fourth-order valence-corrected chi connectivity index (χ4v) is 4.24. The van der Waals surface area contributed by atoms with E-state index >= 15 is 0 Å². The highest BCUT2D eigenvalue weighted by Gasteiger charge is 2.60. The predicted octanol–water partition coefficient (Wildman–Crippen LogP) is 4.67. The molecule has 0 bridgehead atoms. The van der Waals surface area contributed by atoms with Crippen molar-refractivity contribution in [3.8, 4) is 0 Å². The maximum Gasteiger partial charge on any atom is 0.278 e. The first-order valence-corrected chi connectivity index (χ1v) is 10.1. The van der Waals surface area contributed by atoms with E-state index in [0.29, 0.717) is 12.0 Å². The van der Waals surface area contributed by atoms with Crippen LogP contribution in [-0.2, 0) is 10.2 Å². The highest BCUT2D eigenvalue weighted by Crippen LogP contribution is 2.59. The van der Waals surface area contributed by atoms with E-state index in [9.17, 15) is 14.9 Å². The number of carbonyl (C=O) groups excluding carboxylic acids is 1. The molecular formula is C25H23N3O3. The van der Waals surface area contributed by atoms with E-state index in [1.54, 1.807) is 18.2 Å². The third-order valence-electron chi connectivity index (χ3n) is 5.86. The molecule has 6 nitrogen and oxygen atoms in total. The van der Waals surface area contributed by atoms with Crippen LogP contribution in [0.3, 0.4) is 0 Å². The predicted molar refractivity (Wildman–Crippen MR) is 120 cm³/mol. The number of hydrazone groups is 1. The SMILES string of the molecule is Cc1cccc(C2(c3cccc(C)c3)C[C@H]2C(=O)N/N=C\c2ccccc2[N+](=O)[O-])c1. The minimum atomic E-state index is -0.468.